The Hall–Kier alpha value is -2.03. The van der Waals surface area contributed by atoms with Gasteiger partial charge in [0.05, 0.1) is 0 Å². The second-order valence-electron chi connectivity index (χ2n) is 7.69. The summed E-state index contributed by atoms with van der Waals surface area (Å²) in [5.41, 5.74) is 3.54. The smallest absolute Gasteiger partial charge is 0.267 e. The monoisotopic (exact) mass is 419 g/mol. The molecule has 0 radical (unpaired) electrons. The van der Waals surface area contributed by atoms with Gasteiger partial charge in [0.15, 0.2) is 0 Å². The van der Waals surface area contributed by atoms with Crippen molar-refractivity contribution in [3.8, 4) is 0 Å². The van der Waals surface area contributed by atoms with Crippen molar-refractivity contribution < 1.29 is 19.3 Å². The molecule has 2 fully saturated rings. The maximum atomic E-state index is 12.4. The number of anilines is 1. The minimum atomic E-state index is -0.688. The number of carbonyl (C=O) groups is 2. The third-order valence-electron chi connectivity index (χ3n) is 5.64. The predicted octanol–water partition coefficient (Wildman–Crippen LogP) is 1.84. The van der Waals surface area contributed by atoms with Gasteiger partial charge in [-0.15, -0.1) is 0 Å². The molecule has 0 atom stereocenters. The van der Waals surface area contributed by atoms with Crippen LogP contribution in [0.4, 0.5) is 5.69 Å². The van der Waals surface area contributed by atoms with Gasteiger partial charge in [-0.2, -0.15) is 0 Å². The molecule has 2 saturated heterocycles. The summed E-state index contributed by atoms with van der Waals surface area (Å²) in [7, 11) is 0. The first-order chi connectivity index (χ1) is 14.0. The maximum absolute atomic E-state index is 12.4. The van der Waals surface area contributed by atoms with Gasteiger partial charge in [0.2, 0.25) is 5.91 Å². The molecule has 158 valence electrons. The van der Waals surface area contributed by atoms with Gasteiger partial charge in [-0.3, -0.25) is 14.8 Å². The van der Waals surface area contributed by atoms with E-state index in [1.54, 1.807) is 11.6 Å². The predicted molar refractivity (Wildman–Crippen MR) is 114 cm³/mol. The normalized spacial score (nSPS) is 23.2. The summed E-state index contributed by atoms with van der Waals surface area (Å²) in [6, 6.07) is 8.00. The highest BCUT2D eigenvalue weighted by atomic mass is 32.2. The highest BCUT2D eigenvalue weighted by molar-refractivity contribution is 7.91. The van der Waals surface area contributed by atoms with Gasteiger partial charge in [-0.05, 0) is 49.3 Å². The van der Waals surface area contributed by atoms with Crippen molar-refractivity contribution in [1.82, 2.24) is 10.8 Å². The zero-order chi connectivity index (χ0) is 20.6. The molecule has 3 N–H and O–H groups in total. The zero-order valence-electron chi connectivity index (χ0n) is 16.5. The molecular formula is C21H29N3O4S. The summed E-state index contributed by atoms with van der Waals surface area (Å²) in [5, 5.41) is 11.8. The molecule has 2 amide bonds. The molecule has 0 unspecified atom stereocenters. The van der Waals surface area contributed by atoms with Crippen LogP contribution in [0.3, 0.4) is 0 Å². The molecule has 0 aliphatic carbocycles. The Balaban J connectivity index is 1.49. The third-order valence-corrected chi connectivity index (χ3v) is 7.03. The van der Waals surface area contributed by atoms with Crippen LogP contribution in [0.5, 0.6) is 0 Å². The standard InChI is InChI=1S/C21H29N3O4S/c25-20(23-27)6-5-17-3-1-2-4-19(17)24-11-7-18(8-12-24)22-21(26)15-16-9-13-29(28)14-10-16/h1-6,16,18,27H,7-15H2,(H,22,26)(H,23,25)/b6-5+. The molecule has 1 aromatic rings. The fourth-order valence-corrected chi connectivity index (χ4v) is 5.38. The highest BCUT2D eigenvalue weighted by Crippen LogP contribution is 2.26. The number of hydrogen-bond acceptors (Lipinski definition) is 5. The topological polar surface area (TPSA) is 105 Å². The van der Waals surface area contributed by atoms with Crippen molar-refractivity contribution in [3.05, 3.63) is 35.9 Å². The molecule has 0 aromatic heterocycles. The molecule has 0 bridgehead atoms. The van der Waals surface area contributed by atoms with Gasteiger partial charge < -0.3 is 14.8 Å². The average molecular weight is 420 g/mol. The van der Waals surface area contributed by atoms with Crippen molar-refractivity contribution in [2.45, 2.75) is 38.1 Å². The maximum Gasteiger partial charge on any atom is 0.267 e. The van der Waals surface area contributed by atoms with E-state index in [-0.39, 0.29) is 11.9 Å². The molecule has 29 heavy (non-hydrogen) atoms. The van der Waals surface area contributed by atoms with Crippen molar-refractivity contribution in [2.75, 3.05) is 29.5 Å². The fourth-order valence-electron chi connectivity index (χ4n) is 3.98. The van der Waals surface area contributed by atoms with E-state index in [9.17, 15) is 14.1 Å². The minimum Gasteiger partial charge on any atom is -0.616 e. The summed E-state index contributed by atoms with van der Waals surface area (Å²) >= 11 is -0.688. The Labute approximate surface area is 174 Å². The van der Waals surface area contributed by atoms with Crippen LogP contribution in [0.15, 0.2) is 30.3 Å². The number of nitrogens with one attached hydrogen (secondary N) is 2. The number of piperidine rings is 1. The first-order valence-corrected chi connectivity index (χ1v) is 11.6. The summed E-state index contributed by atoms with van der Waals surface area (Å²) in [5.74, 6) is 1.36. The van der Waals surface area contributed by atoms with Gasteiger partial charge in [0.1, 0.15) is 11.5 Å². The first-order valence-electron chi connectivity index (χ1n) is 10.2. The first kappa shape index (κ1) is 21.7. The number of hydrogen-bond donors (Lipinski definition) is 3. The highest BCUT2D eigenvalue weighted by Gasteiger charge is 2.26. The van der Waals surface area contributed by atoms with Crippen molar-refractivity contribution >= 4 is 34.8 Å². The van der Waals surface area contributed by atoms with E-state index in [0.29, 0.717) is 12.3 Å². The van der Waals surface area contributed by atoms with Crippen molar-refractivity contribution in [3.63, 3.8) is 0 Å². The number of nitrogens with zero attached hydrogens (tertiary/aromatic N) is 1. The van der Waals surface area contributed by atoms with Crippen LogP contribution in [0, 0.1) is 5.92 Å². The average Bonchev–Trinajstić information content (AvgIpc) is 2.74. The molecule has 0 saturated carbocycles. The third kappa shape index (κ3) is 6.48. The van der Waals surface area contributed by atoms with E-state index in [1.165, 1.54) is 6.08 Å². The lowest BCUT2D eigenvalue weighted by atomic mass is 9.97. The van der Waals surface area contributed by atoms with Crippen LogP contribution >= 0.6 is 0 Å². The summed E-state index contributed by atoms with van der Waals surface area (Å²) in [4.78, 5) is 25.9. The Morgan fingerprint density at radius 3 is 2.55 bits per heavy atom. The van der Waals surface area contributed by atoms with Crippen LogP contribution < -0.4 is 15.7 Å². The Morgan fingerprint density at radius 2 is 1.86 bits per heavy atom. The van der Waals surface area contributed by atoms with Crippen LogP contribution in [0.25, 0.3) is 6.08 Å². The molecular weight excluding hydrogens is 390 g/mol. The zero-order valence-corrected chi connectivity index (χ0v) is 17.3. The van der Waals surface area contributed by atoms with Crippen LogP contribution in [-0.2, 0) is 20.8 Å². The van der Waals surface area contributed by atoms with Gasteiger partial charge >= 0.3 is 0 Å². The molecule has 7 nitrogen and oxygen atoms in total. The Bertz CT molecular complexity index is 726. The van der Waals surface area contributed by atoms with E-state index >= 15 is 0 Å². The second kappa shape index (κ2) is 10.7. The summed E-state index contributed by atoms with van der Waals surface area (Å²) < 4.78 is 11.4. The van der Waals surface area contributed by atoms with E-state index < -0.39 is 17.1 Å². The lowest BCUT2D eigenvalue weighted by molar-refractivity contribution is -0.124. The molecule has 1 aromatic carbocycles. The lowest BCUT2D eigenvalue weighted by Crippen LogP contribution is -2.45. The molecule has 8 heteroatoms. The minimum absolute atomic E-state index is 0.111. The van der Waals surface area contributed by atoms with Crippen LogP contribution in [-0.4, -0.2) is 52.2 Å². The number of benzene rings is 1. The van der Waals surface area contributed by atoms with Crippen molar-refractivity contribution in [1.29, 1.82) is 0 Å². The Morgan fingerprint density at radius 1 is 1.17 bits per heavy atom. The largest absolute Gasteiger partial charge is 0.616 e. The number of carbonyl (C=O) groups excluding carboxylic acids is 2. The molecule has 2 aliphatic rings. The summed E-state index contributed by atoms with van der Waals surface area (Å²) in [6.07, 6.45) is 7.04. The number of hydroxylamine groups is 1. The number of rotatable bonds is 6. The van der Waals surface area contributed by atoms with Gasteiger partial charge in [0.25, 0.3) is 5.91 Å². The van der Waals surface area contributed by atoms with Crippen LogP contribution in [0.2, 0.25) is 0 Å². The number of amides is 2. The lowest BCUT2D eigenvalue weighted by Gasteiger charge is -2.35. The van der Waals surface area contributed by atoms with Crippen LogP contribution in [0.1, 0.15) is 37.7 Å². The quantitative estimate of drug-likeness (QED) is 0.282. The second-order valence-corrected chi connectivity index (χ2v) is 9.39. The van der Waals surface area contributed by atoms with E-state index in [2.05, 4.69) is 10.2 Å². The number of para-hydroxylation sites is 1. The van der Waals surface area contributed by atoms with Gasteiger partial charge in [0, 0.05) is 37.3 Å². The SMILES string of the molecule is O=C(/C=C/c1ccccc1N1CCC(NC(=O)CC2CC[S+]([O-])CC2)CC1)NO. The summed E-state index contributed by atoms with van der Waals surface area (Å²) in [6.45, 7) is 1.65. The Kier molecular flexibility index (Phi) is 7.97. The van der Waals surface area contributed by atoms with Gasteiger partial charge in [-0.25, -0.2) is 5.48 Å². The molecule has 3 rings (SSSR count). The van der Waals surface area contributed by atoms with E-state index in [0.717, 1.165) is 61.5 Å². The van der Waals surface area contributed by atoms with E-state index in [1.807, 2.05) is 24.3 Å². The molecule has 2 heterocycles. The molecule has 0 spiro atoms. The van der Waals surface area contributed by atoms with Crippen molar-refractivity contribution in [2.24, 2.45) is 5.92 Å². The fraction of sp³-hybridized carbons (Fsp3) is 0.524. The molecule has 2 aliphatic heterocycles. The van der Waals surface area contributed by atoms with E-state index in [4.69, 9.17) is 5.21 Å². The van der Waals surface area contributed by atoms with Gasteiger partial charge in [-0.1, -0.05) is 29.4 Å².